The van der Waals surface area contributed by atoms with Crippen LogP contribution in [0.4, 0.5) is 11.8 Å². The zero-order chi connectivity index (χ0) is 14.2. The third kappa shape index (κ3) is 4.09. The Kier molecular flexibility index (Phi) is 6.09. The highest BCUT2D eigenvalue weighted by Gasteiger charge is 2.14. The van der Waals surface area contributed by atoms with E-state index in [9.17, 15) is 0 Å². The molecule has 0 aromatic carbocycles. The maximum atomic E-state index is 4.82. The van der Waals surface area contributed by atoms with E-state index in [2.05, 4.69) is 34.7 Å². The summed E-state index contributed by atoms with van der Waals surface area (Å²) in [7, 11) is 0. The molecule has 4 nitrogen and oxygen atoms in total. The predicted octanol–water partition coefficient (Wildman–Crippen LogP) is 3.48. The fraction of sp³-hybridized carbons (Fsp3) is 0.750. The highest BCUT2D eigenvalue weighted by molar-refractivity contribution is 5.43. The van der Waals surface area contributed by atoms with Gasteiger partial charge in [0, 0.05) is 32.4 Å². The molecular formula is C16H28N4. The van der Waals surface area contributed by atoms with Gasteiger partial charge in [-0.05, 0) is 31.7 Å². The smallest absolute Gasteiger partial charge is 0.227 e. The SMILES string of the molecule is CCCN(CCC)c1nccc(N2CCCCCC2)n1. The summed E-state index contributed by atoms with van der Waals surface area (Å²) in [5, 5.41) is 0. The molecule has 0 spiro atoms. The van der Waals surface area contributed by atoms with Crippen molar-refractivity contribution in [1.82, 2.24) is 9.97 Å². The first-order valence-corrected chi connectivity index (χ1v) is 8.18. The number of hydrogen-bond acceptors (Lipinski definition) is 4. The lowest BCUT2D eigenvalue weighted by molar-refractivity contribution is 0.714. The van der Waals surface area contributed by atoms with Gasteiger partial charge in [0.1, 0.15) is 5.82 Å². The van der Waals surface area contributed by atoms with Gasteiger partial charge in [-0.2, -0.15) is 4.98 Å². The topological polar surface area (TPSA) is 32.3 Å². The molecule has 2 heterocycles. The van der Waals surface area contributed by atoms with Gasteiger partial charge < -0.3 is 9.80 Å². The Morgan fingerprint density at radius 3 is 2.30 bits per heavy atom. The Bertz CT molecular complexity index is 363. The summed E-state index contributed by atoms with van der Waals surface area (Å²) in [6.07, 6.45) is 9.47. The number of rotatable bonds is 6. The van der Waals surface area contributed by atoms with E-state index < -0.39 is 0 Å². The van der Waals surface area contributed by atoms with Gasteiger partial charge in [0.05, 0.1) is 0 Å². The molecule has 2 rings (SSSR count). The molecule has 0 amide bonds. The molecule has 0 radical (unpaired) electrons. The van der Waals surface area contributed by atoms with Gasteiger partial charge in [-0.1, -0.05) is 26.7 Å². The minimum Gasteiger partial charge on any atom is -0.356 e. The molecule has 0 N–H and O–H groups in total. The molecule has 1 saturated heterocycles. The van der Waals surface area contributed by atoms with Crippen molar-refractivity contribution >= 4 is 11.8 Å². The van der Waals surface area contributed by atoms with Crippen LogP contribution in [0.15, 0.2) is 12.3 Å². The highest BCUT2D eigenvalue weighted by atomic mass is 15.3. The van der Waals surface area contributed by atoms with Crippen molar-refractivity contribution in [2.75, 3.05) is 36.0 Å². The van der Waals surface area contributed by atoms with Crippen molar-refractivity contribution in [2.45, 2.75) is 52.4 Å². The van der Waals surface area contributed by atoms with E-state index in [0.29, 0.717) is 0 Å². The van der Waals surface area contributed by atoms with Gasteiger partial charge >= 0.3 is 0 Å². The number of hydrogen-bond donors (Lipinski definition) is 0. The lowest BCUT2D eigenvalue weighted by Gasteiger charge is -2.25. The molecule has 0 aliphatic carbocycles. The van der Waals surface area contributed by atoms with Crippen molar-refractivity contribution < 1.29 is 0 Å². The van der Waals surface area contributed by atoms with E-state index in [1.165, 1.54) is 25.7 Å². The van der Waals surface area contributed by atoms with Gasteiger partial charge in [-0.25, -0.2) is 4.98 Å². The van der Waals surface area contributed by atoms with Crippen molar-refractivity contribution in [3.63, 3.8) is 0 Å². The first-order chi connectivity index (χ1) is 9.85. The third-order valence-electron chi connectivity index (χ3n) is 3.83. The van der Waals surface area contributed by atoms with Crippen molar-refractivity contribution in [2.24, 2.45) is 0 Å². The standard InChI is InChI=1S/C16H28N4/c1-3-11-20(12-4-2)16-17-10-9-15(18-16)19-13-7-5-6-8-14-19/h9-10H,3-8,11-14H2,1-2H3. The minimum atomic E-state index is 0.899. The molecule has 1 aromatic heterocycles. The normalized spacial score (nSPS) is 16.0. The van der Waals surface area contributed by atoms with E-state index in [1.54, 1.807) is 0 Å². The second-order valence-electron chi connectivity index (χ2n) is 5.60. The molecule has 1 aliphatic rings. The molecule has 1 aromatic rings. The molecule has 4 heteroatoms. The van der Waals surface area contributed by atoms with Crippen LogP contribution in [-0.2, 0) is 0 Å². The van der Waals surface area contributed by atoms with Crippen LogP contribution >= 0.6 is 0 Å². The zero-order valence-corrected chi connectivity index (χ0v) is 13.0. The first-order valence-electron chi connectivity index (χ1n) is 8.18. The maximum absolute atomic E-state index is 4.82. The van der Waals surface area contributed by atoms with Crippen LogP contribution in [0.25, 0.3) is 0 Å². The van der Waals surface area contributed by atoms with Crippen molar-refractivity contribution in [3.8, 4) is 0 Å². The minimum absolute atomic E-state index is 0.899. The maximum Gasteiger partial charge on any atom is 0.227 e. The Morgan fingerprint density at radius 1 is 1.05 bits per heavy atom. The molecule has 1 aliphatic heterocycles. The Hall–Kier alpha value is -1.32. The lowest BCUT2D eigenvalue weighted by atomic mass is 10.2. The van der Waals surface area contributed by atoms with Gasteiger partial charge in [-0.15, -0.1) is 0 Å². The van der Waals surface area contributed by atoms with Crippen molar-refractivity contribution in [3.05, 3.63) is 12.3 Å². The van der Waals surface area contributed by atoms with Crippen LogP contribution in [0.5, 0.6) is 0 Å². The van der Waals surface area contributed by atoms with E-state index in [-0.39, 0.29) is 0 Å². The number of nitrogens with zero attached hydrogens (tertiary/aromatic N) is 4. The van der Waals surface area contributed by atoms with Gasteiger partial charge in [0.15, 0.2) is 0 Å². The molecule has 0 bridgehead atoms. The Balaban J connectivity index is 2.12. The average Bonchev–Trinajstić information content (AvgIpc) is 2.76. The predicted molar refractivity (Wildman–Crippen MR) is 85.5 cm³/mol. The van der Waals surface area contributed by atoms with Gasteiger partial charge in [-0.3, -0.25) is 0 Å². The van der Waals surface area contributed by atoms with Crippen LogP contribution in [0.2, 0.25) is 0 Å². The van der Waals surface area contributed by atoms with Crippen LogP contribution in [0.1, 0.15) is 52.4 Å². The molecule has 112 valence electrons. The van der Waals surface area contributed by atoms with Gasteiger partial charge in [0.2, 0.25) is 5.95 Å². The van der Waals surface area contributed by atoms with E-state index in [4.69, 9.17) is 4.98 Å². The summed E-state index contributed by atoms with van der Waals surface area (Å²) in [5.41, 5.74) is 0. The first kappa shape index (κ1) is 15.1. The molecule has 1 fully saturated rings. The van der Waals surface area contributed by atoms with E-state index in [0.717, 1.165) is 50.8 Å². The van der Waals surface area contributed by atoms with Gasteiger partial charge in [0.25, 0.3) is 0 Å². The van der Waals surface area contributed by atoms with Crippen LogP contribution in [0.3, 0.4) is 0 Å². The quantitative estimate of drug-likeness (QED) is 0.796. The highest BCUT2D eigenvalue weighted by Crippen LogP contribution is 2.19. The lowest BCUT2D eigenvalue weighted by Crippen LogP contribution is -2.29. The molecule has 20 heavy (non-hydrogen) atoms. The Morgan fingerprint density at radius 2 is 1.70 bits per heavy atom. The molecular weight excluding hydrogens is 248 g/mol. The summed E-state index contributed by atoms with van der Waals surface area (Å²) in [6, 6.07) is 2.06. The van der Waals surface area contributed by atoms with E-state index in [1.807, 2.05) is 6.20 Å². The largest absolute Gasteiger partial charge is 0.356 e. The third-order valence-corrected chi connectivity index (χ3v) is 3.83. The number of anilines is 2. The summed E-state index contributed by atoms with van der Waals surface area (Å²) in [4.78, 5) is 14.0. The summed E-state index contributed by atoms with van der Waals surface area (Å²) < 4.78 is 0. The van der Waals surface area contributed by atoms with Crippen LogP contribution in [-0.4, -0.2) is 36.1 Å². The number of aromatic nitrogens is 2. The monoisotopic (exact) mass is 276 g/mol. The van der Waals surface area contributed by atoms with Crippen molar-refractivity contribution in [1.29, 1.82) is 0 Å². The second kappa shape index (κ2) is 8.08. The summed E-state index contributed by atoms with van der Waals surface area (Å²) in [5.74, 6) is 2.00. The molecule has 0 atom stereocenters. The zero-order valence-electron chi connectivity index (χ0n) is 13.0. The van der Waals surface area contributed by atoms with E-state index >= 15 is 0 Å². The molecule has 0 saturated carbocycles. The second-order valence-corrected chi connectivity index (χ2v) is 5.60. The Labute approximate surface area is 123 Å². The van der Waals surface area contributed by atoms with Crippen LogP contribution < -0.4 is 9.80 Å². The summed E-state index contributed by atoms with van der Waals surface area (Å²) in [6.45, 7) is 8.77. The summed E-state index contributed by atoms with van der Waals surface area (Å²) >= 11 is 0. The molecule has 0 unspecified atom stereocenters. The fourth-order valence-corrected chi connectivity index (χ4v) is 2.82. The van der Waals surface area contributed by atoms with Crippen LogP contribution in [0, 0.1) is 0 Å². The average molecular weight is 276 g/mol. The fourth-order valence-electron chi connectivity index (χ4n) is 2.82.